The Morgan fingerprint density at radius 2 is 2.03 bits per heavy atom. The Balaban J connectivity index is 0.000000470. The van der Waals surface area contributed by atoms with Crippen molar-refractivity contribution in [3.05, 3.63) is 35.8 Å². The Hall–Kier alpha value is -3.77. The number of aliphatic carboxylic acids is 1. The zero-order valence-electron chi connectivity index (χ0n) is 22.2. The Morgan fingerprint density at radius 1 is 1.35 bits per heavy atom. The summed E-state index contributed by atoms with van der Waals surface area (Å²) < 4.78 is 86.2. The average molecular weight is 541 g/mol. The maximum absolute atomic E-state index is 13.3. The molecule has 0 atom stereocenters. The SMILES string of the molecule is O=C(O)C(F)(F)F.[2H]C([2H])([2H])c1ccc(S(=O)(=O)NC23CCC(C#N)(C2)C3)cc1-c1cnc2c(N)nc(C)nn12. The molecule has 6 rings (SSSR count). The summed E-state index contributed by atoms with van der Waals surface area (Å²) in [5, 5.41) is 20.8. The first-order valence-electron chi connectivity index (χ1n) is 12.2. The number of aromatic nitrogens is 4. The van der Waals surface area contributed by atoms with Crippen molar-refractivity contribution in [3.8, 4) is 17.3 Å². The van der Waals surface area contributed by atoms with Gasteiger partial charge in [-0.25, -0.2) is 32.4 Å². The maximum atomic E-state index is 13.3. The molecular formula is C22H22F3N7O4S. The van der Waals surface area contributed by atoms with Crippen LogP contribution in [0.2, 0.25) is 0 Å². The van der Waals surface area contributed by atoms with E-state index in [1.54, 1.807) is 6.92 Å². The number of nitrogens with one attached hydrogen (secondary N) is 1. The summed E-state index contributed by atoms with van der Waals surface area (Å²) in [7, 11) is -3.97. The van der Waals surface area contributed by atoms with E-state index in [0.29, 0.717) is 31.5 Å². The highest BCUT2D eigenvalue weighted by Gasteiger charge is 2.62. The van der Waals surface area contributed by atoms with E-state index in [4.69, 9.17) is 19.7 Å². The number of rotatable bonds is 4. The van der Waals surface area contributed by atoms with E-state index in [1.807, 2.05) is 0 Å². The minimum atomic E-state index is -5.08. The lowest BCUT2D eigenvalue weighted by atomic mass is 9.66. The van der Waals surface area contributed by atoms with Crippen LogP contribution in [0.25, 0.3) is 16.9 Å². The van der Waals surface area contributed by atoms with Gasteiger partial charge in [-0.2, -0.15) is 23.5 Å². The van der Waals surface area contributed by atoms with Crippen LogP contribution >= 0.6 is 0 Å². The Labute approximate surface area is 213 Å². The summed E-state index contributed by atoms with van der Waals surface area (Å²) in [5.41, 5.74) is 5.52. The molecule has 3 aliphatic rings. The van der Waals surface area contributed by atoms with Crippen LogP contribution in [-0.4, -0.2) is 50.8 Å². The number of sulfonamides is 1. The van der Waals surface area contributed by atoms with E-state index in [1.165, 1.54) is 28.9 Å². The molecule has 0 amide bonds. The number of halogens is 3. The molecule has 11 nitrogen and oxygen atoms in total. The van der Waals surface area contributed by atoms with Gasteiger partial charge in [-0.15, -0.1) is 0 Å². The van der Waals surface area contributed by atoms with Crippen molar-refractivity contribution in [1.29, 1.82) is 5.26 Å². The molecule has 37 heavy (non-hydrogen) atoms. The zero-order chi connectivity index (χ0) is 29.9. The van der Waals surface area contributed by atoms with Crippen molar-refractivity contribution in [2.45, 2.75) is 56.1 Å². The summed E-state index contributed by atoms with van der Waals surface area (Å²) in [6.07, 6.45) is -1.45. The smallest absolute Gasteiger partial charge is 0.475 e. The van der Waals surface area contributed by atoms with E-state index >= 15 is 0 Å². The molecule has 0 radical (unpaired) electrons. The van der Waals surface area contributed by atoms with Gasteiger partial charge in [-0.1, -0.05) is 6.07 Å². The van der Waals surface area contributed by atoms with Gasteiger partial charge in [-0.3, -0.25) is 0 Å². The van der Waals surface area contributed by atoms with E-state index < -0.39 is 40.0 Å². The van der Waals surface area contributed by atoms with E-state index in [-0.39, 0.29) is 33.2 Å². The van der Waals surface area contributed by atoms with Gasteiger partial charge >= 0.3 is 12.1 Å². The fraction of sp³-hybridized carbons (Fsp3) is 0.409. The molecule has 3 aliphatic carbocycles. The number of aryl methyl sites for hydroxylation is 2. The third-order valence-corrected chi connectivity index (χ3v) is 7.91. The molecule has 2 bridgehead atoms. The summed E-state index contributed by atoms with van der Waals surface area (Å²) >= 11 is 0. The number of benzene rings is 1. The number of nitriles is 1. The first kappa shape index (κ1) is 22.4. The first-order chi connectivity index (χ1) is 18.3. The minimum absolute atomic E-state index is 0.0377. The highest BCUT2D eigenvalue weighted by Crippen LogP contribution is 2.61. The van der Waals surface area contributed by atoms with Crippen molar-refractivity contribution in [2.24, 2.45) is 5.41 Å². The fourth-order valence-electron chi connectivity index (χ4n) is 4.78. The molecule has 0 saturated heterocycles. The number of carboxylic acids is 1. The monoisotopic (exact) mass is 540 g/mol. The molecule has 3 fully saturated rings. The topological polar surface area (TPSA) is 176 Å². The molecule has 2 heterocycles. The van der Waals surface area contributed by atoms with Crippen LogP contribution in [0.3, 0.4) is 0 Å². The van der Waals surface area contributed by atoms with Crippen molar-refractivity contribution in [3.63, 3.8) is 0 Å². The molecule has 15 heteroatoms. The van der Waals surface area contributed by atoms with Gasteiger partial charge in [-0.05, 0) is 57.2 Å². The molecule has 0 spiro atoms. The summed E-state index contributed by atoms with van der Waals surface area (Å²) in [4.78, 5) is 17.1. The second kappa shape index (κ2) is 8.67. The molecule has 1 aromatic carbocycles. The van der Waals surface area contributed by atoms with Crippen molar-refractivity contribution in [2.75, 3.05) is 5.73 Å². The standard InChI is InChI=1S/C20H21N7O2S.C2HF3O2/c1-12-3-4-14(30(28,29)26-20-6-5-19(9-20,10-20)11-21)7-15(12)16-8-23-18-17(22)24-13(2)25-27(16)18;3-2(4,5)1(6)7/h3-4,7-8,26H,5-6,9-10H2,1-2H3,(H2,22,24,25);(H,6,7)/i1D3;. The number of fused-ring (bicyclic) bond motifs is 2. The average Bonchev–Trinajstić information content (AvgIpc) is 3.49. The van der Waals surface area contributed by atoms with E-state index in [2.05, 4.69) is 25.9 Å². The lowest BCUT2D eigenvalue weighted by molar-refractivity contribution is -0.192. The van der Waals surface area contributed by atoms with Gasteiger partial charge in [0.15, 0.2) is 11.5 Å². The predicted octanol–water partition coefficient (Wildman–Crippen LogP) is 2.74. The molecule has 3 aromatic rings. The van der Waals surface area contributed by atoms with Crippen LogP contribution in [0.5, 0.6) is 0 Å². The second-order valence-electron chi connectivity index (χ2n) is 9.06. The summed E-state index contributed by atoms with van der Waals surface area (Å²) in [5.74, 6) is -2.28. The largest absolute Gasteiger partial charge is 0.490 e. The Kier molecular flexibility index (Phi) is 5.25. The number of hydrogen-bond donors (Lipinski definition) is 3. The number of hydrogen-bond acceptors (Lipinski definition) is 8. The number of carbonyl (C=O) groups is 1. The quantitative estimate of drug-likeness (QED) is 0.449. The van der Waals surface area contributed by atoms with Crippen molar-refractivity contribution in [1.82, 2.24) is 24.3 Å². The third kappa shape index (κ3) is 4.81. The van der Waals surface area contributed by atoms with Crippen molar-refractivity contribution >= 4 is 27.5 Å². The number of imidazole rings is 1. The third-order valence-electron chi connectivity index (χ3n) is 6.34. The van der Waals surface area contributed by atoms with Gasteiger partial charge in [0, 0.05) is 15.2 Å². The molecule has 0 aliphatic heterocycles. The highest BCUT2D eigenvalue weighted by molar-refractivity contribution is 7.89. The molecule has 2 aromatic heterocycles. The molecule has 4 N–H and O–H groups in total. The normalized spacial score (nSPS) is 24.1. The molecule has 0 unspecified atom stereocenters. The lowest BCUT2D eigenvalue weighted by Crippen LogP contribution is -2.55. The number of nitrogens with zero attached hydrogens (tertiary/aromatic N) is 5. The first-order valence-corrected chi connectivity index (χ1v) is 12.2. The van der Waals surface area contributed by atoms with Gasteiger partial charge in [0.2, 0.25) is 10.0 Å². The number of alkyl halides is 3. The van der Waals surface area contributed by atoms with Crippen molar-refractivity contribution < 1.29 is 35.6 Å². The van der Waals surface area contributed by atoms with E-state index in [9.17, 15) is 26.9 Å². The fourth-order valence-corrected chi connectivity index (χ4v) is 6.23. The second-order valence-corrected chi connectivity index (χ2v) is 10.7. The number of nitrogen functional groups attached to an aromatic ring is 1. The van der Waals surface area contributed by atoms with Crippen LogP contribution in [0, 0.1) is 30.5 Å². The van der Waals surface area contributed by atoms with Gasteiger partial charge < -0.3 is 10.8 Å². The van der Waals surface area contributed by atoms with Crippen LogP contribution in [0.4, 0.5) is 19.0 Å². The minimum Gasteiger partial charge on any atom is -0.475 e. The predicted molar refractivity (Wildman–Crippen MR) is 123 cm³/mol. The maximum Gasteiger partial charge on any atom is 0.490 e. The summed E-state index contributed by atoms with van der Waals surface area (Å²) in [6.45, 7) is -0.872. The van der Waals surface area contributed by atoms with Crippen LogP contribution in [0.1, 0.15) is 41.2 Å². The molecule has 196 valence electrons. The van der Waals surface area contributed by atoms with E-state index in [0.717, 1.165) is 0 Å². The van der Waals surface area contributed by atoms with Crippen LogP contribution in [0.15, 0.2) is 29.3 Å². The van der Waals surface area contributed by atoms with Gasteiger partial charge in [0.1, 0.15) is 5.82 Å². The highest BCUT2D eigenvalue weighted by atomic mass is 32.2. The van der Waals surface area contributed by atoms with Gasteiger partial charge in [0.25, 0.3) is 0 Å². The Morgan fingerprint density at radius 3 is 2.59 bits per heavy atom. The van der Waals surface area contributed by atoms with Crippen LogP contribution in [-0.2, 0) is 14.8 Å². The Bertz CT molecular complexity index is 1660. The van der Waals surface area contributed by atoms with Crippen LogP contribution < -0.4 is 10.5 Å². The number of nitrogens with two attached hydrogens (primary N) is 1. The molecular weight excluding hydrogens is 515 g/mol. The number of anilines is 1. The van der Waals surface area contributed by atoms with Gasteiger partial charge in [0.05, 0.1) is 28.3 Å². The lowest BCUT2D eigenvalue weighted by Gasteiger charge is -2.43. The summed E-state index contributed by atoms with van der Waals surface area (Å²) in [6, 6.07) is 6.20. The zero-order valence-corrected chi connectivity index (χ0v) is 20.0. The number of carboxylic acid groups (broad SMARTS) is 1. The molecule has 3 saturated carbocycles.